The Morgan fingerprint density at radius 3 is 2.28 bits per heavy atom. The Bertz CT molecular complexity index is 1070. The van der Waals surface area contributed by atoms with Crippen molar-refractivity contribution in [3.05, 3.63) is 55.0 Å². The molecule has 0 saturated carbocycles. The third-order valence-corrected chi connectivity index (χ3v) is 4.78. The number of nitrogens with one attached hydrogen (secondary N) is 1. The van der Waals surface area contributed by atoms with Crippen LogP contribution in [0.5, 0.6) is 11.6 Å². The molecule has 2 heterocycles. The van der Waals surface area contributed by atoms with E-state index in [0.717, 1.165) is 11.1 Å². The van der Waals surface area contributed by atoms with Gasteiger partial charge in [0.25, 0.3) is 0 Å². The largest absolute Gasteiger partial charge is 0.437 e. The highest BCUT2D eigenvalue weighted by Gasteiger charge is 2.09. The number of carbonyl (C=O) groups excluding carboxylic acids is 2. The summed E-state index contributed by atoms with van der Waals surface area (Å²) < 4.78 is 5.86. The van der Waals surface area contributed by atoms with Crippen LogP contribution in [-0.2, 0) is 9.59 Å². The molecule has 3 rings (SSSR count). The minimum Gasteiger partial charge on any atom is -0.437 e. The first-order chi connectivity index (χ1) is 15.3. The van der Waals surface area contributed by atoms with E-state index in [2.05, 4.69) is 20.3 Å². The molecule has 0 bridgehead atoms. The maximum absolute atomic E-state index is 11.4. The van der Waals surface area contributed by atoms with E-state index in [-0.39, 0.29) is 11.8 Å². The molecule has 0 saturated heterocycles. The summed E-state index contributed by atoms with van der Waals surface area (Å²) in [7, 11) is 3.65. The maximum Gasteiger partial charge on any atom is 0.239 e. The summed E-state index contributed by atoms with van der Waals surface area (Å²) >= 11 is 0. The molecule has 0 aliphatic carbocycles. The van der Waals surface area contributed by atoms with E-state index in [4.69, 9.17) is 4.74 Å². The zero-order chi connectivity index (χ0) is 23.1. The van der Waals surface area contributed by atoms with Gasteiger partial charge in [0.15, 0.2) is 5.82 Å². The number of pyridine rings is 1. The van der Waals surface area contributed by atoms with E-state index in [1.807, 2.05) is 42.3 Å². The lowest BCUT2D eigenvalue weighted by Crippen LogP contribution is -2.33. The second-order valence-electron chi connectivity index (χ2n) is 7.32. The second kappa shape index (κ2) is 10.3. The van der Waals surface area contributed by atoms with Gasteiger partial charge < -0.3 is 19.9 Å². The van der Waals surface area contributed by atoms with Crippen LogP contribution in [0.4, 0.5) is 11.6 Å². The van der Waals surface area contributed by atoms with Crippen molar-refractivity contribution in [2.24, 2.45) is 0 Å². The Morgan fingerprint density at radius 1 is 0.938 bits per heavy atom. The number of hydrogen-bond donors (Lipinski definition) is 1. The Labute approximate surface area is 187 Å². The van der Waals surface area contributed by atoms with Crippen molar-refractivity contribution in [2.45, 2.75) is 13.8 Å². The van der Waals surface area contributed by atoms with Crippen LogP contribution in [0.1, 0.15) is 13.8 Å². The van der Waals surface area contributed by atoms with Crippen molar-refractivity contribution < 1.29 is 14.3 Å². The van der Waals surface area contributed by atoms with E-state index in [0.29, 0.717) is 36.4 Å². The lowest BCUT2D eigenvalue weighted by Gasteiger charge is -2.22. The molecule has 3 aromatic rings. The Morgan fingerprint density at radius 2 is 1.66 bits per heavy atom. The molecule has 0 aliphatic rings. The first-order valence-corrected chi connectivity index (χ1v) is 10.1. The molecule has 2 aromatic heterocycles. The Balaban J connectivity index is 1.63. The quantitative estimate of drug-likeness (QED) is 0.581. The van der Waals surface area contributed by atoms with Crippen LogP contribution >= 0.6 is 0 Å². The monoisotopic (exact) mass is 434 g/mol. The molecule has 2 amide bonds. The molecule has 1 N–H and O–H groups in total. The molecule has 0 radical (unpaired) electrons. The van der Waals surface area contributed by atoms with Crippen molar-refractivity contribution in [3.8, 4) is 22.8 Å². The van der Waals surface area contributed by atoms with Crippen LogP contribution < -0.4 is 15.0 Å². The summed E-state index contributed by atoms with van der Waals surface area (Å²) in [5.41, 5.74) is 1.89. The van der Waals surface area contributed by atoms with Gasteiger partial charge in [-0.15, -0.1) is 0 Å². The van der Waals surface area contributed by atoms with Crippen molar-refractivity contribution >= 4 is 23.5 Å². The smallest absolute Gasteiger partial charge is 0.239 e. The van der Waals surface area contributed by atoms with Crippen LogP contribution in [0.3, 0.4) is 0 Å². The molecule has 0 atom stereocenters. The zero-order valence-electron chi connectivity index (χ0n) is 18.6. The van der Waals surface area contributed by atoms with Crippen LogP contribution in [0.2, 0.25) is 0 Å². The summed E-state index contributed by atoms with van der Waals surface area (Å²) in [6, 6.07) is 11.2. The van der Waals surface area contributed by atoms with Gasteiger partial charge in [-0.05, 0) is 29.8 Å². The number of carbonyl (C=O) groups is 2. The molecule has 166 valence electrons. The lowest BCUT2D eigenvalue weighted by molar-refractivity contribution is -0.127. The van der Waals surface area contributed by atoms with Crippen molar-refractivity contribution in [3.63, 3.8) is 0 Å². The van der Waals surface area contributed by atoms with E-state index in [9.17, 15) is 9.59 Å². The predicted molar refractivity (Wildman–Crippen MR) is 123 cm³/mol. The number of aromatic nitrogens is 3. The molecular formula is C23H26N6O3. The zero-order valence-corrected chi connectivity index (χ0v) is 18.6. The van der Waals surface area contributed by atoms with Crippen LogP contribution in [0.25, 0.3) is 11.1 Å². The number of nitrogens with zero attached hydrogens (tertiary/aromatic N) is 5. The molecule has 1 aromatic carbocycles. The highest BCUT2D eigenvalue weighted by Crippen LogP contribution is 2.25. The van der Waals surface area contributed by atoms with Gasteiger partial charge in [0.1, 0.15) is 11.6 Å². The minimum atomic E-state index is -0.159. The van der Waals surface area contributed by atoms with E-state index >= 15 is 0 Å². The topological polar surface area (TPSA) is 101 Å². The van der Waals surface area contributed by atoms with Gasteiger partial charge in [-0.2, -0.15) is 4.98 Å². The number of anilines is 2. The number of amides is 2. The fourth-order valence-electron chi connectivity index (χ4n) is 2.80. The average Bonchev–Trinajstić information content (AvgIpc) is 2.78. The van der Waals surface area contributed by atoms with Crippen LogP contribution in [0, 0.1) is 0 Å². The molecule has 0 aliphatic heterocycles. The third-order valence-electron chi connectivity index (χ3n) is 4.78. The van der Waals surface area contributed by atoms with Crippen molar-refractivity contribution in [2.75, 3.05) is 37.4 Å². The van der Waals surface area contributed by atoms with Gasteiger partial charge in [-0.1, -0.05) is 12.1 Å². The predicted octanol–water partition coefficient (Wildman–Crippen LogP) is 3.20. The first kappa shape index (κ1) is 22.7. The normalized spacial score (nSPS) is 10.4. The molecule has 0 fully saturated rings. The molecule has 0 unspecified atom stereocenters. The minimum absolute atomic E-state index is 0.0180. The highest BCUT2D eigenvalue weighted by atomic mass is 16.5. The third kappa shape index (κ3) is 6.24. The molecule has 32 heavy (non-hydrogen) atoms. The van der Waals surface area contributed by atoms with Crippen molar-refractivity contribution in [1.82, 2.24) is 19.9 Å². The van der Waals surface area contributed by atoms with E-state index < -0.39 is 0 Å². The van der Waals surface area contributed by atoms with Gasteiger partial charge in [-0.25, -0.2) is 4.98 Å². The van der Waals surface area contributed by atoms with Crippen LogP contribution in [-0.4, -0.2) is 58.9 Å². The lowest BCUT2D eigenvalue weighted by atomic mass is 10.1. The van der Waals surface area contributed by atoms with Gasteiger partial charge in [0.2, 0.25) is 17.7 Å². The molecule has 9 nitrogen and oxygen atoms in total. The molecule has 0 spiro atoms. The first-order valence-electron chi connectivity index (χ1n) is 10.1. The average molecular weight is 435 g/mol. The molecule has 9 heteroatoms. The fourth-order valence-corrected chi connectivity index (χ4v) is 2.80. The number of ether oxygens (including phenoxy) is 1. The fraction of sp³-hybridized carbons (Fsp3) is 0.261. The summed E-state index contributed by atoms with van der Waals surface area (Å²) in [5, 5.41) is 2.65. The summed E-state index contributed by atoms with van der Waals surface area (Å²) in [6.07, 6.45) is 4.91. The number of likely N-dealkylation sites (N-methyl/N-ethyl adjacent to an activating group) is 2. The second-order valence-corrected chi connectivity index (χ2v) is 7.32. The van der Waals surface area contributed by atoms with E-state index in [1.165, 1.54) is 13.8 Å². The Kier molecular flexibility index (Phi) is 7.33. The summed E-state index contributed by atoms with van der Waals surface area (Å²) in [6.45, 7) is 4.19. The molecular weight excluding hydrogens is 408 g/mol. The maximum atomic E-state index is 11.4. The van der Waals surface area contributed by atoms with E-state index in [1.54, 1.807) is 36.6 Å². The standard InChI is InChI=1S/C23H26N6O3/c1-16(30)26-21-10-7-19(13-25-21)18-5-8-20(9-6-18)32-23-15-24-14-22(27-23)29(4)12-11-28(3)17(2)31/h5-10,13-15H,11-12H2,1-4H3,(H,25,26,30). The van der Waals surface area contributed by atoms with Crippen LogP contribution in [0.15, 0.2) is 55.0 Å². The highest BCUT2D eigenvalue weighted by molar-refractivity contribution is 5.87. The number of benzene rings is 1. The van der Waals surface area contributed by atoms with Crippen molar-refractivity contribution in [1.29, 1.82) is 0 Å². The van der Waals surface area contributed by atoms with Gasteiger partial charge in [0, 0.05) is 52.8 Å². The number of hydrogen-bond acceptors (Lipinski definition) is 7. The summed E-state index contributed by atoms with van der Waals surface area (Å²) in [5.74, 6) is 2.03. The summed E-state index contributed by atoms with van der Waals surface area (Å²) in [4.78, 5) is 39.0. The van der Waals surface area contributed by atoms with Gasteiger partial charge in [-0.3, -0.25) is 14.6 Å². The Hall–Kier alpha value is -4.01. The van der Waals surface area contributed by atoms with Gasteiger partial charge >= 0.3 is 0 Å². The number of rotatable bonds is 8. The van der Waals surface area contributed by atoms with Gasteiger partial charge in [0.05, 0.1) is 12.4 Å². The SMILES string of the molecule is CC(=O)Nc1ccc(-c2ccc(Oc3cncc(N(C)CCN(C)C(C)=O)n3)cc2)cn1.